The van der Waals surface area contributed by atoms with Crippen LogP contribution in [0.4, 0.5) is 0 Å². The molecule has 2 rings (SSSR count). The van der Waals surface area contributed by atoms with Crippen molar-refractivity contribution in [3.63, 3.8) is 0 Å². The average Bonchev–Trinajstić information content (AvgIpc) is 3.08. The molecule has 0 spiro atoms. The van der Waals surface area contributed by atoms with Gasteiger partial charge in [-0.25, -0.2) is 0 Å². The number of likely N-dealkylation sites (tertiary alicyclic amines) is 1. The van der Waals surface area contributed by atoms with Gasteiger partial charge in [0, 0.05) is 20.1 Å². The molecule has 108 valence electrons. The lowest BCUT2D eigenvalue weighted by atomic mass is 10.1. The second-order valence-electron chi connectivity index (χ2n) is 4.80. The van der Waals surface area contributed by atoms with Crippen LogP contribution < -0.4 is 0 Å². The van der Waals surface area contributed by atoms with Crippen LogP contribution in [0.3, 0.4) is 0 Å². The Morgan fingerprint density at radius 3 is 2.80 bits per heavy atom. The molecule has 1 saturated heterocycles. The average molecular weight is 280 g/mol. The van der Waals surface area contributed by atoms with E-state index in [4.69, 9.17) is 9.52 Å². The number of furan rings is 1. The quantitative estimate of drug-likeness (QED) is 0.855. The predicted octanol–water partition coefficient (Wildman–Crippen LogP) is 0.285. The molecule has 1 N–H and O–H groups in total. The number of carbonyl (C=O) groups is 3. The SMILES string of the molecule is CN(CC(=O)N1CCC(C(=O)O)C1)C(=O)c1ccco1. The molecule has 2 heterocycles. The third-order valence-corrected chi connectivity index (χ3v) is 3.34. The zero-order valence-corrected chi connectivity index (χ0v) is 11.1. The molecular weight excluding hydrogens is 264 g/mol. The lowest BCUT2D eigenvalue weighted by Crippen LogP contribution is -2.40. The molecule has 0 aliphatic carbocycles. The topological polar surface area (TPSA) is 91.1 Å². The van der Waals surface area contributed by atoms with Crippen LogP contribution in [-0.4, -0.2) is 59.4 Å². The Bertz CT molecular complexity index is 511. The molecule has 1 aliphatic rings. The highest BCUT2D eigenvalue weighted by molar-refractivity contribution is 5.94. The zero-order valence-electron chi connectivity index (χ0n) is 11.1. The van der Waals surface area contributed by atoms with Gasteiger partial charge in [0.1, 0.15) is 0 Å². The zero-order chi connectivity index (χ0) is 14.7. The first-order chi connectivity index (χ1) is 9.49. The Hall–Kier alpha value is -2.31. The number of amides is 2. The third-order valence-electron chi connectivity index (χ3n) is 3.34. The summed E-state index contributed by atoms with van der Waals surface area (Å²) in [7, 11) is 1.51. The van der Waals surface area contributed by atoms with Crippen LogP contribution >= 0.6 is 0 Å². The van der Waals surface area contributed by atoms with E-state index in [1.807, 2.05) is 0 Å². The summed E-state index contributed by atoms with van der Waals surface area (Å²) in [5, 5.41) is 8.89. The molecule has 1 atom stereocenters. The van der Waals surface area contributed by atoms with Crippen molar-refractivity contribution in [3.8, 4) is 0 Å². The molecule has 0 saturated carbocycles. The van der Waals surface area contributed by atoms with Crippen molar-refractivity contribution in [1.82, 2.24) is 9.80 Å². The van der Waals surface area contributed by atoms with Crippen LogP contribution in [0.2, 0.25) is 0 Å². The van der Waals surface area contributed by atoms with E-state index in [0.717, 1.165) is 0 Å². The molecule has 1 unspecified atom stereocenters. The maximum atomic E-state index is 12.0. The van der Waals surface area contributed by atoms with Crippen LogP contribution in [0.5, 0.6) is 0 Å². The van der Waals surface area contributed by atoms with Gasteiger partial charge in [-0.05, 0) is 18.6 Å². The van der Waals surface area contributed by atoms with Crippen LogP contribution in [0.15, 0.2) is 22.8 Å². The van der Waals surface area contributed by atoms with E-state index in [9.17, 15) is 14.4 Å². The number of carbonyl (C=O) groups excluding carboxylic acids is 2. The molecule has 0 radical (unpaired) electrons. The van der Waals surface area contributed by atoms with Crippen molar-refractivity contribution in [2.24, 2.45) is 5.92 Å². The van der Waals surface area contributed by atoms with E-state index in [-0.39, 0.29) is 30.7 Å². The molecule has 0 bridgehead atoms. The molecule has 20 heavy (non-hydrogen) atoms. The number of hydrogen-bond acceptors (Lipinski definition) is 4. The van der Waals surface area contributed by atoms with Gasteiger partial charge in [0.15, 0.2) is 5.76 Å². The smallest absolute Gasteiger partial charge is 0.308 e. The largest absolute Gasteiger partial charge is 0.481 e. The maximum Gasteiger partial charge on any atom is 0.308 e. The lowest BCUT2D eigenvalue weighted by molar-refractivity contribution is -0.141. The summed E-state index contributed by atoms with van der Waals surface area (Å²) >= 11 is 0. The molecule has 7 heteroatoms. The van der Waals surface area contributed by atoms with Gasteiger partial charge < -0.3 is 19.3 Å². The van der Waals surface area contributed by atoms with Crippen LogP contribution in [0.1, 0.15) is 17.0 Å². The van der Waals surface area contributed by atoms with E-state index >= 15 is 0 Å². The van der Waals surface area contributed by atoms with Crippen molar-refractivity contribution in [2.45, 2.75) is 6.42 Å². The fraction of sp³-hybridized carbons (Fsp3) is 0.462. The summed E-state index contributed by atoms with van der Waals surface area (Å²) in [6.07, 6.45) is 1.84. The van der Waals surface area contributed by atoms with E-state index in [1.165, 1.54) is 29.2 Å². The molecule has 1 aromatic heterocycles. The fourth-order valence-corrected chi connectivity index (χ4v) is 2.15. The van der Waals surface area contributed by atoms with Crippen molar-refractivity contribution in [1.29, 1.82) is 0 Å². The first-order valence-corrected chi connectivity index (χ1v) is 6.28. The van der Waals surface area contributed by atoms with Gasteiger partial charge >= 0.3 is 5.97 Å². The van der Waals surface area contributed by atoms with E-state index in [0.29, 0.717) is 13.0 Å². The minimum absolute atomic E-state index is 0.0914. The van der Waals surface area contributed by atoms with E-state index in [2.05, 4.69) is 0 Å². The summed E-state index contributed by atoms with van der Waals surface area (Å²) in [5.74, 6) is -1.86. The fourth-order valence-electron chi connectivity index (χ4n) is 2.15. The Labute approximate surface area is 115 Å². The lowest BCUT2D eigenvalue weighted by Gasteiger charge is -2.20. The van der Waals surface area contributed by atoms with Gasteiger partial charge in [-0.2, -0.15) is 0 Å². The monoisotopic (exact) mass is 280 g/mol. The molecule has 1 fully saturated rings. The Morgan fingerprint density at radius 2 is 2.25 bits per heavy atom. The Balaban J connectivity index is 1.89. The Morgan fingerprint density at radius 1 is 1.50 bits per heavy atom. The summed E-state index contributed by atoms with van der Waals surface area (Å²) in [6.45, 7) is 0.529. The second kappa shape index (κ2) is 5.77. The summed E-state index contributed by atoms with van der Waals surface area (Å²) < 4.78 is 4.98. The van der Waals surface area contributed by atoms with Crippen LogP contribution in [0.25, 0.3) is 0 Å². The first-order valence-electron chi connectivity index (χ1n) is 6.28. The van der Waals surface area contributed by atoms with Gasteiger partial charge in [-0.15, -0.1) is 0 Å². The number of aliphatic carboxylic acids is 1. The van der Waals surface area contributed by atoms with Crippen molar-refractivity contribution in [3.05, 3.63) is 24.2 Å². The highest BCUT2D eigenvalue weighted by atomic mass is 16.4. The number of carboxylic acid groups (broad SMARTS) is 1. The maximum absolute atomic E-state index is 12.0. The van der Waals surface area contributed by atoms with Crippen molar-refractivity contribution in [2.75, 3.05) is 26.7 Å². The minimum Gasteiger partial charge on any atom is -0.481 e. The number of carboxylic acids is 1. The predicted molar refractivity (Wildman–Crippen MR) is 68.0 cm³/mol. The van der Waals surface area contributed by atoms with E-state index < -0.39 is 11.9 Å². The first kappa shape index (κ1) is 14.1. The van der Waals surface area contributed by atoms with Crippen LogP contribution in [0, 0.1) is 5.92 Å². The normalized spacial score (nSPS) is 18.1. The van der Waals surface area contributed by atoms with Crippen LogP contribution in [-0.2, 0) is 9.59 Å². The number of nitrogens with zero attached hydrogens (tertiary/aromatic N) is 2. The van der Waals surface area contributed by atoms with E-state index in [1.54, 1.807) is 6.07 Å². The molecule has 0 aromatic carbocycles. The van der Waals surface area contributed by atoms with Gasteiger partial charge in [-0.1, -0.05) is 0 Å². The van der Waals surface area contributed by atoms with Crippen molar-refractivity contribution < 1.29 is 23.9 Å². The molecule has 7 nitrogen and oxygen atoms in total. The molecular formula is C13H16N2O5. The highest BCUT2D eigenvalue weighted by Crippen LogP contribution is 2.16. The van der Waals surface area contributed by atoms with Gasteiger partial charge in [0.05, 0.1) is 18.7 Å². The highest BCUT2D eigenvalue weighted by Gasteiger charge is 2.31. The van der Waals surface area contributed by atoms with Gasteiger partial charge in [0.25, 0.3) is 5.91 Å². The minimum atomic E-state index is -0.889. The third kappa shape index (κ3) is 2.98. The molecule has 1 aliphatic heterocycles. The number of rotatable bonds is 4. The number of hydrogen-bond donors (Lipinski definition) is 1. The molecule has 2 amide bonds. The van der Waals surface area contributed by atoms with Gasteiger partial charge in [-0.3, -0.25) is 14.4 Å². The summed E-state index contributed by atoms with van der Waals surface area (Å²) in [6, 6.07) is 3.13. The van der Waals surface area contributed by atoms with Gasteiger partial charge in [0.2, 0.25) is 5.91 Å². The Kier molecular flexibility index (Phi) is 4.07. The summed E-state index contributed by atoms with van der Waals surface area (Å²) in [4.78, 5) is 37.5. The second-order valence-corrected chi connectivity index (χ2v) is 4.80. The summed E-state index contributed by atoms with van der Waals surface area (Å²) in [5.41, 5.74) is 0. The van der Waals surface area contributed by atoms with Crippen molar-refractivity contribution >= 4 is 17.8 Å². The number of likely N-dealkylation sites (N-methyl/N-ethyl adjacent to an activating group) is 1. The molecule has 1 aromatic rings. The standard InChI is InChI=1S/C13H16N2O5/c1-14(12(17)10-3-2-6-20-10)8-11(16)15-5-4-9(7-15)13(18)19/h2-3,6,9H,4-5,7-8H2,1H3,(H,18,19).